The molecule has 0 spiro atoms. The lowest BCUT2D eigenvalue weighted by atomic mass is 9.95. The molecule has 9 nitrogen and oxygen atoms in total. The van der Waals surface area contributed by atoms with Crippen molar-refractivity contribution >= 4 is 27.4 Å². The van der Waals surface area contributed by atoms with E-state index in [1.165, 1.54) is 18.5 Å². The lowest BCUT2D eigenvalue weighted by molar-refractivity contribution is 0.00821. The molecule has 2 aliphatic carbocycles. The normalized spacial score (nSPS) is 24.7. The number of carbonyl (C=O) groups is 1. The van der Waals surface area contributed by atoms with E-state index in [-0.39, 0.29) is 40.2 Å². The van der Waals surface area contributed by atoms with E-state index in [0.29, 0.717) is 30.4 Å². The van der Waals surface area contributed by atoms with Gasteiger partial charge in [-0.05, 0) is 57.7 Å². The Morgan fingerprint density at radius 3 is 2.49 bits per heavy atom. The van der Waals surface area contributed by atoms with Gasteiger partial charge in [0.1, 0.15) is 29.7 Å². The third-order valence-corrected chi connectivity index (χ3v) is 8.31. The zero-order valence-corrected chi connectivity index (χ0v) is 20.8. The van der Waals surface area contributed by atoms with Gasteiger partial charge in [-0.1, -0.05) is 0 Å². The molecular formula is C24H29FN4O5S. The van der Waals surface area contributed by atoms with Crippen LogP contribution in [0, 0.1) is 24.6 Å². The van der Waals surface area contributed by atoms with Crippen LogP contribution in [0.5, 0.6) is 5.88 Å². The summed E-state index contributed by atoms with van der Waals surface area (Å²) >= 11 is 0. The fourth-order valence-electron chi connectivity index (χ4n) is 4.83. The van der Waals surface area contributed by atoms with Crippen molar-refractivity contribution in [1.82, 2.24) is 14.9 Å². The van der Waals surface area contributed by atoms with Crippen molar-refractivity contribution in [2.75, 3.05) is 24.7 Å². The first kappa shape index (κ1) is 23.8. The molecule has 3 fully saturated rings. The van der Waals surface area contributed by atoms with Gasteiger partial charge in [-0.3, -0.25) is 0 Å². The first-order valence-electron chi connectivity index (χ1n) is 11.8. The van der Waals surface area contributed by atoms with E-state index in [9.17, 15) is 17.6 Å². The molecule has 1 aromatic heterocycles. The van der Waals surface area contributed by atoms with E-state index in [4.69, 9.17) is 9.47 Å². The molecule has 35 heavy (non-hydrogen) atoms. The number of nitrogens with zero attached hydrogens (tertiary/aromatic N) is 3. The summed E-state index contributed by atoms with van der Waals surface area (Å²) in [6.45, 7) is 4.92. The van der Waals surface area contributed by atoms with Crippen molar-refractivity contribution in [3.8, 4) is 5.88 Å². The molecule has 2 heterocycles. The molecule has 2 bridgehead atoms. The fraction of sp³-hybridized carbons (Fsp3) is 0.542. The molecular weight excluding hydrogens is 475 g/mol. The van der Waals surface area contributed by atoms with E-state index < -0.39 is 15.7 Å². The number of nitrogens with one attached hydrogen (secondary N) is 1. The minimum absolute atomic E-state index is 0.0807. The number of likely N-dealkylation sites (tertiary alicyclic amines) is 1. The van der Waals surface area contributed by atoms with Crippen molar-refractivity contribution in [3.05, 3.63) is 35.9 Å². The molecule has 0 radical (unpaired) electrons. The number of ether oxygens (including phenoxy) is 2. The molecule has 1 aliphatic heterocycles. The van der Waals surface area contributed by atoms with Gasteiger partial charge in [-0.25, -0.2) is 27.6 Å². The average molecular weight is 505 g/mol. The van der Waals surface area contributed by atoms with Crippen LogP contribution in [-0.2, 0) is 14.6 Å². The minimum Gasteiger partial charge on any atom is -0.473 e. The van der Waals surface area contributed by atoms with Crippen LogP contribution in [0.1, 0.15) is 38.2 Å². The van der Waals surface area contributed by atoms with E-state index in [1.807, 2.05) is 6.92 Å². The van der Waals surface area contributed by atoms with Gasteiger partial charge in [-0.2, -0.15) is 0 Å². The highest BCUT2D eigenvalue weighted by Crippen LogP contribution is 2.42. The van der Waals surface area contributed by atoms with Crippen LogP contribution in [-0.4, -0.2) is 60.4 Å². The van der Waals surface area contributed by atoms with Crippen LogP contribution in [0.15, 0.2) is 29.4 Å². The van der Waals surface area contributed by atoms with Crippen molar-refractivity contribution in [2.24, 2.45) is 11.8 Å². The summed E-state index contributed by atoms with van der Waals surface area (Å²) in [5.41, 5.74) is 0.415. The third kappa shape index (κ3) is 4.91. The first-order chi connectivity index (χ1) is 16.5. The number of piperidine rings is 1. The quantitative estimate of drug-likeness (QED) is 0.632. The zero-order valence-electron chi connectivity index (χ0n) is 20.0. The maximum absolute atomic E-state index is 14.5. The molecule has 5 rings (SSSR count). The molecule has 1 saturated heterocycles. The first-order valence-corrected chi connectivity index (χ1v) is 13.6. The summed E-state index contributed by atoms with van der Waals surface area (Å²) in [7, 11) is -3.51. The Bertz CT molecular complexity index is 1250. The third-order valence-electron chi connectivity index (χ3n) is 7.20. The SMILES string of the molecule is Cc1c(Nc2ccc(S(C)(=O)=O)cc2F)ncnc1OC1C2CCC1CN(C(=O)OC1(C)CC1)C2. The lowest BCUT2D eigenvalue weighted by Gasteiger charge is -2.37. The van der Waals surface area contributed by atoms with Crippen molar-refractivity contribution in [3.63, 3.8) is 0 Å². The van der Waals surface area contributed by atoms with Crippen LogP contribution in [0.25, 0.3) is 0 Å². The Morgan fingerprint density at radius 2 is 1.89 bits per heavy atom. The van der Waals surface area contributed by atoms with Gasteiger partial charge in [0.25, 0.3) is 0 Å². The number of anilines is 2. The van der Waals surface area contributed by atoms with Crippen molar-refractivity contribution in [1.29, 1.82) is 0 Å². The highest BCUT2D eigenvalue weighted by molar-refractivity contribution is 7.90. The number of carbonyl (C=O) groups excluding carboxylic acids is 1. The molecule has 11 heteroatoms. The van der Waals surface area contributed by atoms with E-state index in [2.05, 4.69) is 15.3 Å². The number of rotatable bonds is 6. The van der Waals surface area contributed by atoms with Gasteiger partial charge in [0.2, 0.25) is 5.88 Å². The minimum atomic E-state index is -3.51. The molecule has 2 atom stereocenters. The number of hydrogen-bond acceptors (Lipinski definition) is 8. The van der Waals surface area contributed by atoms with Crippen LogP contribution in [0.2, 0.25) is 0 Å². The van der Waals surface area contributed by atoms with Gasteiger partial charge in [0.05, 0.1) is 16.1 Å². The number of halogens is 1. The number of benzene rings is 1. The lowest BCUT2D eigenvalue weighted by Crippen LogP contribution is -2.50. The Labute approximate surface area is 204 Å². The second-order valence-corrected chi connectivity index (χ2v) is 12.1. The van der Waals surface area contributed by atoms with Crippen LogP contribution in [0.3, 0.4) is 0 Å². The van der Waals surface area contributed by atoms with Gasteiger partial charge in [-0.15, -0.1) is 0 Å². The summed E-state index contributed by atoms with van der Waals surface area (Å²) in [6, 6.07) is 3.69. The van der Waals surface area contributed by atoms with E-state index in [1.54, 1.807) is 11.8 Å². The Kier molecular flexibility index (Phi) is 5.85. The zero-order chi connectivity index (χ0) is 25.0. The van der Waals surface area contributed by atoms with Gasteiger partial charge >= 0.3 is 6.09 Å². The van der Waals surface area contributed by atoms with Crippen LogP contribution >= 0.6 is 0 Å². The maximum atomic E-state index is 14.5. The number of fused-ring (bicyclic) bond motifs is 2. The molecule has 2 unspecified atom stereocenters. The van der Waals surface area contributed by atoms with Crippen molar-refractivity contribution in [2.45, 2.75) is 56.1 Å². The summed E-state index contributed by atoms with van der Waals surface area (Å²) in [5, 5.41) is 2.91. The summed E-state index contributed by atoms with van der Waals surface area (Å²) < 4.78 is 49.9. The van der Waals surface area contributed by atoms with Crippen LogP contribution < -0.4 is 10.1 Å². The fourth-order valence-corrected chi connectivity index (χ4v) is 5.46. The predicted molar refractivity (Wildman–Crippen MR) is 126 cm³/mol. The molecule has 1 N–H and O–H groups in total. The van der Waals surface area contributed by atoms with Crippen LogP contribution in [0.4, 0.5) is 20.7 Å². The Morgan fingerprint density at radius 1 is 1.20 bits per heavy atom. The van der Waals surface area contributed by atoms with Gasteiger partial charge < -0.3 is 19.7 Å². The average Bonchev–Trinajstić information content (AvgIpc) is 3.47. The smallest absolute Gasteiger partial charge is 0.410 e. The topological polar surface area (TPSA) is 111 Å². The molecule has 2 saturated carbocycles. The number of aromatic nitrogens is 2. The highest BCUT2D eigenvalue weighted by atomic mass is 32.2. The number of hydrogen-bond donors (Lipinski definition) is 1. The highest BCUT2D eigenvalue weighted by Gasteiger charge is 2.48. The molecule has 2 aromatic rings. The largest absolute Gasteiger partial charge is 0.473 e. The Balaban J connectivity index is 1.28. The standard InChI is InChI=1S/C24H29FN4O5S/c1-14-21(28-19-7-6-17(10-18(19)25)35(3,31)32)26-13-27-22(14)33-20-15-4-5-16(20)12-29(11-15)23(30)34-24(2)8-9-24/h6-7,10,13,15-16,20H,4-5,8-9,11-12H2,1-3H3,(H,26,27,28). The second kappa shape index (κ2) is 8.61. The van der Waals surface area contributed by atoms with E-state index >= 15 is 0 Å². The monoisotopic (exact) mass is 504 g/mol. The molecule has 1 amide bonds. The van der Waals surface area contributed by atoms with Gasteiger partial charge in [0, 0.05) is 31.2 Å². The second-order valence-electron chi connectivity index (χ2n) is 10.1. The Hall–Kier alpha value is -2.95. The molecule has 1 aromatic carbocycles. The van der Waals surface area contributed by atoms with Crippen molar-refractivity contribution < 1.29 is 27.1 Å². The predicted octanol–water partition coefficient (Wildman–Crippen LogP) is 3.85. The number of amides is 1. The summed E-state index contributed by atoms with van der Waals surface area (Å²) in [4.78, 5) is 22.8. The van der Waals surface area contributed by atoms with Gasteiger partial charge in [0.15, 0.2) is 9.84 Å². The number of sulfone groups is 1. The molecule has 188 valence electrons. The molecule has 3 aliphatic rings. The van der Waals surface area contributed by atoms with E-state index in [0.717, 1.165) is 38.0 Å². The summed E-state index contributed by atoms with van der Waals surface area (Å²) in [5.74, 6) is 0.428. The summed E-state index contributed by atoms with van der Waals surface area (Å²) in [6.07, 6.45) is 5.81. The maximum Gasteiger partial charge on any atom is 0.410 e.